The number of aryl methyl sites for hydroxylation is 1. The fourth-order valence-electron chi connectivity index (χ4n) is 2.77. The van der Waals surface area contributed by atoms with E-state index in [-0.39, 0.29) is 5.92 Å². The summed E-state index contributed by atoms with van der Waals surface area (Å²) in [7, 11) is 1.99. The number of nitrogens with one attached hydrogen (secondary N) is 1. The summed E-state index contributed by atoms with van der Waals surface area (Å²) in [6.45, 7) is 2.54. The third-order valence-electron chi connectivity index (χ3n) is 4.15. The molecule has 5 nitrogen and oxygen atoms in total. The van der Waals surface area contributed by atoms with Gasteiger partial charge in [0.2, 0.25) is 5.91 Å². The minimum Gasteiger partial charge on any atom is -0.337 e. The first-order valence-electron chi connectivity index (χ1n) is 7.23. The summed E-state index contributed by atoms with van der Waals surface area (Å²) >= 11 is 0. The third-order valence-corrected chi connectivity index (χ3v) is 4.15. The first kappa shape index (κ1) is 12.7. The molecule has 1 saturated heterocycles. The lowest BCUT2D eigenvalue weighted by Gasteiger charge is -2.29. The van der Waals surface area contributed by atoms with E-state index in [0.717, 1.165) is 44.6 Å². The lowest BCUT2D eigenvalue weighted by atomic mass is 9.98. The highest BCUT2D eigenvalue weighted by Crippen LogP contribution is 2.30. The molecule has 2 aliphatic rings. The van der Waals surface area contributed by atoms with E-state index < -0.39 is 0 Å². The van der Waals surface area contributed by atoms with Gasteiger partial charge in [-0.05, 0) is 32.2 Å². The standard InChI is InChI=1S/C14H22N4O/c1-17-8-7-16-13(17)10-18(12-4-5-12)14(19)11-3-2-6-15-9-11/h7-8,11-12,15H,2-6,9-10H2,1H3/t11-/m1/s1. The van der Waals surface area contributed by atoms with E-state index in [1.165, 1.54) is 0 Å². The van der Waals surface area contributed by atoms with Crippen molar-refractivity contribution in [2.45, 2.75) is 38.3 Å². The molecule has 0 radical (unpaired) electrons. The summed E-state index contributed by atoms with van der Waals surface area (Å²) in [5, 5.41) is 3.33. The molecule has 1 aromatic heterocycles. The number of nitrogens with zero attached hydrogens (tertiary/aromatic N) is 3. The van der Waals surface area contributed by atoms with Crippen LogP contribution in [0.5, 0.6) is 0 Å². The van der Waals surface area contributed by atoms with Crippen molar-refractivity contribution >= 4 is 5.91 Å². The van der Waals surface area contributed by atoms with Gasteiger partial charge < -0.3 is 14.8 Å². The average molecular weight is 262 g/mol. The zero-order valence-corrected chi connectivity index (χ0v) is 11.5. The van der Waals surface area contributed by atoms with Gasteiger partial charge in [-0.3, -0.25) is 4.79 Å². The molecule has 2 heterocycles. The molecule has 1 amide bonds. The van der Waals surface area contributed by atoms with Gasteiger partial charge in [0.1, 0.15) is 5.82 Å². The zero-order chi connectivity index (χ0) is 13.2. The van der Waals surface area contributed by atoms with Crippen molar-refractivity contribution in [2.75, 3.05) is 13.1 Å². The van der Waals surface area contributed by atoms with Crippen molar-refractivity contribution in [3.63, 3.8) is 0 Å². The van der Waals surface area contributed by atoms with E-state index >= 15 is 0 Å². The average Bonchev–Trinajstić information content (AvgIpc) is 3.20. The van der Waals surface area contributed by atoms with Gasteiger partial charge in [-0.2, -0.15) is 0 Å². The van der Waals surface area contributed by atoms with Gasteiger partial charge in [-0.15, -0.1) is 0 Å². The molecule has 1 aromatic rings. The van der Waals surface area contributed by atoms with Crippen LogP contribution in [0.15, 0.2) is 12.4 Å². The number of carbonyl (C=O) groups excluding carboxylic acids is 1. The molecule has 0 spiro atoms. The molecule has 0 aromatic carbocycles. The minimum absolute atomic E-state index is 0.162. The molecule has 2 fully saturated rings. The predicted octanol–water partition coefficient (Wildman–Crippen LogP) is 0.911. The quantitative estimate of drug-likeness (QED) is 0.877. The highest BCUT2D eigenvalue weighted by molar-refractivity contribution is 5.79. The van der Waals surface area contributed by atoms with Gasteiger partial charge in [0.05, 0.1) is 12.5 Å². The molecule has 1 saturated carbocycles. The van der Waals surface area contributed by atoms with Crippen LogP contribution in [0, 0.1) is 5.92 Å². The van der Waals surface area contributed by atoms with E-state index in [4.69, 9.17) is 0 Å². The van der Waals surface area contributed by atoms with Crippen molar-refractivity contribution < 1.29 is 4.79 Å². The van der Waals surface area contributed by atoms with Crippen LogP contribution in [0.4, 0.5) is 0 Å². The second kappa shape index (κ2) is 5.33. The van der Waals surface area contributed by atoms with Crippen LogP contribution in [0.1, 0.15) is 31.5 Å². The summed E-state index contributed by atoms with van der Waals surface area (Å²) in [6.07, 6.45) is 8.17. The number of imidazole rings is 1. The van der Waals surface area contributed by atoms with Crippen LogP contribution < -0.4 is 5.32 Å². The molecule has 104 valence electrons. The predicted molar refractivity (Wildman–Crippen MR) is 72.4 cm³/mol. The molecule has 1 N–H and O–H groups in total. The molecule has 0 unspecified atom stereocenters. The largest absolute Gasteiger partial charge is 0.337 e. The molecule has 3 rings (SSSR count). The lowest BCUT2D eigenvalue weighted by molar-refractivity contribution is -0.137. The van der Waals surface area contributed by atoms with Crippen molar-refractivity contribution in [1.82, 2.24) is 19.8 Å². The first-order chi connectivity index (χ1) is 9.25. The second-order valence-corrected chi connectivity index (χ2v) is 5.69. The van der Waals surface area contributed by atoms with Crippen molar-refractivity contribution in [3.05, 3.63) is 18.2 Å². The maximum atomic E-state index is 12.7. The maximum Gasteiger partial charge on any atom is 0.227 e. The highest BCUT2D eigenvalue weighted by atomic mass is 16.2. The van der Waals surface area contributed by atoms with Crippen LogP contribution in [0.2, 0.25) is 0 Å². The van der Waals surface area contributed by atoms with Gasteiger partial charge >= 0.3 is 0 Å². The van der Waals surface area contributed by atoms with Gasteiger partial charge in [-0.25, -0.2) is 4.98 Å². The summed E-state index contributed by atoms with van der Waals surface area (Å²) in [4.78, 5) is 19.1. The Balaban J connectivity index is 1.70. The van der Waals surface area contributed by atoms with Gasteiger partial charge in [0, 0.05) is 32.0 Å². The van der Waals surface area contributed by atoms with Crippen LogP contribution in [-0.2, 0) is 18.4 Å². The molecule has 1 atom stereocenters. The molecule has 19 heavy (non-hydrogen) atoms. The summed E-state index contributed by atoms with van der Waals surface area (Å²) in [5.41, 5.74) is 0. The zero-order valence-electron chi connectivity index (χ0n) is 11.5. The third kappa shape index (κ3) is 2.81. The topological polar surface area (TPSA) is 50.2 Å². The molecule has 0 bridgehead atoms. The van der Waals surface area contributed by atoms with Gasteiger partial charge in [0.25, 0.3) is 0 Å². The van der Waals surface area contributed by atoms with E-state index in [2.05, 4.69) is 15.2 Å². The van der Waals surface area contributed by atoms with Crippen molar-refractivity contribution in [2.24, 2.45) is 13.0 Å². The number of hydrogen-bond acceptors (Lipinski definition) is 3. The van der Waals surface area contributed by atoms with Crippen molar-refractivity contribution in [3.8, 4) is 0 Å². The summed E-state index contributed by atoms with van der Waals surface area (Å²) in [6, 6.07) is 0.450. The first-order valence-corrected chi connectivity index (χ1v) is 7.23. The number of carbonyl (C=O) groups is 1. The molecular formula is C14H22N4O. The van der Waals surface area contributed by atoms with Gasteiger partial charge in [-0.1, -0.05) is 0 Å². The normalized spacial score (nSPS) is 23.3. The van der Waals surface area contributed by atoms with E-state index in [0.29, 0.717) is 18.5 Å². The Morgan fingerprint density at radius 1 is 1.53 bits per heavy atom. The number of aromatic nitrogens is 2. The molecule has 1 aliphatic heterocycles. The minimum atomic E-state index is 0.162. The second-order valence-electron chi connectivity index (χ2n) is 5.69. The number of amides is 1. The van der Waals surface area contributed by atoms with Gasteiger partial charge in [0.15, 0.2) is 0 Å². The Kier molecular flexibility index (Phi) is 3.55. The number of rotatable bonds is 4. The monoisotopic (exact) mass is 262 g/mol. The van der Waals surface area contributed by atoms with Crippen LogP contribution in [0.3, 0.4) is 0 Å². The maximum absolute atomic E-state index is 12.7. The number of hydrogen-bond donors (Lipinski definition) is 1. The molecular weight excluding hydrogens is 240 g/mol. The van der Waals surface area contributed by atoms with Crippen molar-refractivity contribution in [1.29, 1.82) is 0 Å². The SMILES string of the molecule is Cn1ccnc1CN(C(=O)[C@@H]1CCCNC1)C1CC1. The Hall–Kier alpha value is -1.36. The fourth-order valence-corrected chi connectivity index (χ4v) is 2.77. The van der Waals surface area contributed by atoms with Crippen LogP contribution in [-0.4, -0.2) is 39.5 Å². The van der Waals surface area contributed by atoms with E-state index in [1.54, 1.807) is 6.20 Å². The Bertz CT molecular complexity index is 446. The highest BCUT2D eigenvalue weighted by Gasteiger charge is 2.36. The van der Waals surface area contributed by atoms with Crippen LogP contribution in [0.25, 0.3) is 0 Å². The van der Waals surface area contributed by atoms with E-state index in [9.17, 15) is 4.79 Å². The Morgan fingerprint density at radius 2 is 2.37 bits per heavy atom. The number of piperidine rings is 1. The summed E-state index contributed by atoms with van der Waals surface area (Å²) in [5.74, 6) is 1.45. The Labute approximate surface area is 114 Å². The molecule has 5 heteroatoms. The Morgan fingerprint density at radius 3 is 2.95 bits per heavy atom. The smallest absolute Gasteiger partial charge is 0.227 e. The fraction of sp³-hybridized carbons (Fsp3) is 0.714. The lowest BCUT2D eigenvalue weighted by Crippen LogP contribution is -2.44. The molecule has 1 aliphatic carbocycles. The van der Waals surface area contributed by atoms with E-state index in [1.807, 2.05) is 17.8 Å². The van der Waals surface area contributed by atoms with Crippen LogP contribution >= 0.6 is 0 Å². The summed E-state index contributed by atoms with van der Waals surface area (Å²) < 4.78 is 2.00.